The number of hydrogen-bond acceptors (Lipinski definition) is 7. The van der Waals surface area contributed by atoms with Gasteiger partial charge < -0.3 is 16.4 Å². The van der Waals surface area contributed by atoms with Gasteiger partial charge in [-0.3, -0.25) is 14.6 Å². The molecule has 9 heteroatoms. The molecule has 0 aliphatic rings. The summed E-state index contributed by atoms with van der Waals surface area (Å²) in [6, 6.07) is 7.17. The van der Waals surface area contributed by atoms with Crippen molar-refractivity contribution in [2.45, 2.75) is 6.92 Å². The van der Waals surface area contributed by atoms with Crippen LogP contribution in [0.3, 0.4) is 0 Å². The fourth-order valence-electron chi connectivity index (χ4n) is 2.62. The van der Waals surface area contributed by atoms with Gasteiger partial charge in [0.1, 0.15) is 18.2 Å². The van der Waals surface area contributed by atoms with Gasteiger partial charge in [-0.1, -0.05) is 0 Å². The van der Waals surface area contributed by atoms with E-state index in [1.807, 2.05) is 19.1 Å². The number of nitrogen functional groups attached to an aromatic ring is 1. The molecule has 0 unspecified atom stereocenters. The molecule has 0 radical (unpaired) electrons. The van der Waals surface area contributed by atoms with Crippen molar-refractivity contribution in [3.05, 3.63) is 54.5 Å². The number of amides is 2. The van der Waals surface area contributed by atoms with Crippen molar-refractivity contribution in [1.82, 2.24) is 20.3 Å². The monoisotopic (exact) mass is 387 g/mol. The topological polar surface area (TPSA) is 147 Å². The zero-order valence-electron chi connectivity index (χ0n) is 15.5. The Morgan fingerprint density at radius 3 is 2.79 bits per heavy atom. The van der Waals surface area contributed by atoms with E-state index < -0.39 is 11.8 Å². The second kappa shape index (κ2) is 8.58. The van der Waals surface area contributed by atoms with E-state index in [9.17, 15) is 9.59 Å². The standard InChI is InChI=1S/C20H17N7O2/c1-12-4-6-23-10-14(12)16-8-13-9-17(25-11-15(13)20(22)26-16)27-19(29)3-2-18(28)24-7-5-21/h2-4,6,8-11H,7H2,1H3,(H2,22,26)(H,24,28)(H,25,27,29)/b3-2-. The summed E-state index contributed by atoms with van der Waals surface area (Å²) >= 11 is 0. The third-order valence-electron chi connectivity index (χ3n) is 4.04. The van der Waals surface area contributed by atoms with Crippen molar-refractivity contribution in [3.8, 4) is 17.3 Å². The number of carbonyl (C=O) groups is 2. The van der Waals surface area contributed by atoms with Gasteiger partial charge in [0, 0.05) is 41.7 Å². The predicted molar refractivity (Wildman–Crippen MR) is 108 cm³/mol. The Morgan fingerprint density at radius 2 is 2.03 bits per heavy atom. The molecule has 0 atom stereocenters. The molecule has 0 saturated carbocycles. The van der Waals surface area contributed by atoms with Gasteiger partial charge in [-0.05, 0) is 36.1 Å². The molecule has 0 spiro atoms. The third kappa shape index (κ3) is 4.70. The normalized spacial score (nSPS) is 10.6. The van der Waals surface area contributed by atoms with Crippen molar-refractivity contribution in [2.24, 2.45) is 0 Å². The third-order valence-corrected chi connectivity index (χ3v) is 4.04. The summed E-state index contributed by atoms with van der Waals surface area (Å²) < 4.78 is 0. The van der Waals surface area contributed by atoms with Crippen LogP contribution in [0.25, 0.3) is 22.0 Å². The summed E-state index contributed by atoms with van der Waals surface area (Å²) in [5.74, 6) is -0.456. The first-order valence-corrected chi connectivity index (χ1v) is 8.59. The minimum atomic E-state index is -0.538. The molecule has 0 saturated heterocycles. The summed E-state index contributed by atoms with van der Waals surface area (Å²) in [4.78, 5) is 36.1. The number of rotatable bonds is 5. The molecular weight excluding hydrogens is 370 g/mol. The molecule has 29 heavy (non-hydrogen) atoms. The highest BCUT2D eigenvalue weighted by atomic mass is 16.2. The molecule has 4 N–H and O–H groups in total. The van der Waals surface area contributed by atoms with Crippen LogP contribution < -0.4 is 16.4 Å². The maximum absolute atomic E-state index is 12.0. The summed E-state index contributed by atoms with van der Waals surface area (Å²) in [7, 11) is 0. The predicted octanol–water partition coefficient (Wildman–Crippen LogP) is 1.72. The maximum Gasteiger partial charge on any atom is 0.249 e. The second-order valence-corrected chi connectivity index (χ2v) is 6.07. The number of nitrogens with two attached hydrogens (primary N) is 1. The van der Waals surface area contributed by atoms with Crippen LogP contribution in [0.2, 0.25) is 0 Å². The summed E-state index contributed by atoms with van der Waals surface area (Å²) in [6.45, 7) is 1.82. The number of nitrogens with zero attached hydrogens (tertiary/aromatic N) is 4. The second-order valence-electron chi connectivity index (χ2n) is 6.07. The average Bonchev–Trinajstić information content (AvgIpc) is 2.70. The maximum atomic E-state index is 12.0. The smallest absolute Gasteiger partial charge is 0.249 e. The molecule has 0 bridgehead atoms. The number of nitriles is 1. The quantitative estimate of drug-likeness (QED) is 0.446. The Morgan fingerprint density at radius 1 is 1.24 bits per heavy atom. The van der Waals surface area contributed by atoms with Gasteiger partial charge in [-0.2, -0.15) is 5.26 Å². The first-order valence-electron chi connectivity index (χ1n) is 8.59. The fraction of sp³-hybridized carbons (Fsp3) is 0.100. The molecule has 0 aromatic carbocycles. The van der Waals surface area contributed by atoms with Crippen molar-refractivity contribution < 1.29 is 9.59 Å². The molecule has 3 aromatic rings. The van der Waals surface area contributed by atoms with E-state index in [1.54, 1.807) is 24.5 Å². The first kappa shape index (κ1) is 19.4. The Kier molecular flexibility index (Phi) is 5.75. The highest BCUT2D eigenvalue weighted by Crippen LogP contribution is 2.28. The summed E-state index contributed by atoms with van der Waals surface area (Å²) in [5.41, 5.74) is 8.61. The number of pyridine rings is 3. The zero-order chi connectivity index (χ0) is 20.8. The van der Waals surface area contributed by atoms with E-state index in [-0.39, 0.29) is 6.54 Å². The number of anilines is 2. The van der Waals surface area contributed by atoms with Gasteiger partial charge in [0.25, 0.3) is 0 Å². The molecule has 0 aliphatic carbocycles. The van der Waals surface area contributed by atoms with Crippen molar-refractivity contribution >= 4 is 34.2 Å². The Hall–Kier alpha value is -4.32. The number of aromatic nitrogens is 3. The van der Waals surface area contributed by atoms with Gasteiger partial charge in [0.05, 0.1) is 11.8 Å². The molecule has 144 valence electrons. The van der Waals surface area contributed by atoms with E-state index in [1.165, 1.54) is 6.20 Å². The van der Waals surface area contributed by atoms with Gasteiger partial charge in [-0.25, -0.2) is 9.97 Å². The van der Waals surface area contributed by atoms with Crippen molar-refractivity contribution in [1.29, 1.82) is 5.26 Å². The highest BCUT2D eigenvalue weighted by Gasteiger charge is 2.10. The van der Waals surface area contributed by atoms with Crippen LogP contribution in [0, 0.1) is 18.3 Å². The SMILES string of the molecule is Cc1ccncc1-c1cc2cc(NC(=O)/C=C\C(=O)NCC#N)ncc2c(N)n1. The Bertz CT molecular complexity index is 1170. The average molecular weight is 387 g/mol. The highest BCUT2D eigenvalue weighted by molar-refractivity contribution is 6.04. The minimum Gasteiger partial charge on any atom is -0.383 e. The van der Waals surface area contributed by atoms with Gasteiger partial charge in [-0.15, -0.1) is 0 Å². The van der Waals surface area contributed by atoms with Gasteiger partial charge in [0.15, 0.2) is 0 Å². The Labute approximate surface area is 166 Å². The molecule has 0 fully saturated rings. The molecule has 3 rings (SSSR count). The van der Waals surface area contributed by atoms with Crippen LogP contribution in [-0.4, -0.2) is 33.3 Å². The van der Waals surface area contributed by atoms with E-state index >= 15 is 0 Å². The molecule has 3 heterocycles. The Balaban J connectivity index is 1.85. The van der Waals surface area contributed by atoms with Crippen LogP contribution in [0.4, 0.5) is 11.6 Å². The minimum absolute atomic E-state index is 0.134. The summed E-state index contributed by atoms with van der Waals surface area (Å²) in [6.07, 6.45) is 7.04. The molecule has 2 amide bonds. The lowest BCUT2D eigenvalue weighted by molar-refractivity contribution is -0.117. The molecule has 9 nitrogen and oxygen atoms in total. The number of carbonyl (C=O) groups excluding carboxylic acids is 2. The molecule has 3 aromatic heterocycles. The number of nitrogens with one attached hydrogen (secondary N) is 2. The van der Waals surface area contributed by atoms with Crippen molar-refractivity contribution in [3.63, 3.8) is 0 Å². The van der Waals surface area contributed by atoms with Gasteiger partial charge in [0.2, 0.25) is 11.8 Å². The lowest BCUT2D eigenvalue weighted by atomic mass is 10.1. The van der Waals surface area contributed by atoms with E-state index in [4.69, 9.17) is 11.0 Å². The van der Waals surface area contributed by atoms with Crippen LogP contribution in [0.15, 0.2) is 48.9 Å². The molecular formula is C20H17N7O2. The van der Waals surface area contributed by atoms with Crippen molar-refractivity contribution in [2.75, 3.05) is 17.6 Å². The lowest BCUT2D eigenvalue weighted by Crippen LogP contribution is -2.21. The first-order chi connectivity index (χ1) is 14.0. The lowest BCUT2D eigenvalue weighted by Gasteiger charge is -2.09. The van der Waals surface area contributed by atoms with Crippen LogP contribution >= 0.6 is 0 Å². The van der Waals surface area contributed by atoms with Gasteiger partial charge >= 0.3 is 0 Å². The number of fused-ring (bicyclic) bond motifs is 1. The number of hydrogen-bond donors (Lipinski definition) is 3. The fourth-order valence-corrected chi connectivity index (χ4v) is 2.62. The van der Waals surface area contributed by atoms with Crippen LogP contribution in [-0.2, 0) is 9.59 Å². The largest absolute Gasteiger partial charge is 0.383 e. The van der Waals surface area contributed by atoms with Crippen LogP contribution in [0.5, 0.6) is 0 Å². The van der Waals surface area contributed by atoms with Crippen LogP contribution in [0.1, 0.15) is 5.56 Å². The van der Waals surface area contributed by atoms with E-state index in [0.717, 1.165) is 28.7 Å². The number of aryl methyl sites for hydroxylation is 1. The summed E-state index contributed by atoms with van der Waals surface area (Å²) in [5, 5.41) is 14.7. The van der Waals surface area contributed by atoms with E-state index in [2.05, 4.69) is 25.6 Å². The van der Waals surface area contributed by atoms with E-state index in [0.29, 0.717) is 22.7 Å². The molecule has 0 aliphatic heterocycles. The zero-order valence-corrected chi connectivity index (χ0v) is 15.5.